The molecule has 0 saturated carbocycles. The lowest BCUT2D eigenvalue weighted by atomic mass is 10.1. The Hall–Kier alpha value is -2.08. The van der Waals surface area contributed by atoms with Gasteiger partial charge in [0.25, 0.3) is 5.91 Å². The lowest BCUT2D eigenvalue weighted by Crippen LogP contribution is -2.25. The number of nitrogens with two attached hydrogens (primary N) is 1. The Bertz CT molecular complexity index is 640. The number of rotatable bonds is 2. The van der Waals surface area contributed by atoms with Crippen molar-refractivity contribution in [3.63, 3.8) is 0 Å². The Labute approximate surface area is 121 Å². The van der Waals surface area contributed by atoms with Crippen LogP contribution >= 0.6 is 11.3 Å². The molecule has 1 aromatic carbocycles. The van der Waals surface area contributed by atoms with Gasteiger partial charge in [0.15, 0.2) is 5.13 Å². The summed E-state index contributed by atoms with van der Waals surface area (Å²) in [6.07, 6.45) is 0. The van der Waals surface area contributed by atoms with Gasteiger partial charge in [-0.15, -0.1) is 0 Å². The molecule has 104 valence electrons. The minimum absolute atomic E-state index is 0.0377. The molecular formula is C14H16N4OS. The third-order valence-electron chi connectivity index (χ3n) is 3.35. The molecule has 0 radical (unpaired) electrons. The second-order valence-electron chi connectivity index (χ2n) is 5.04. The molecule has 1 aromatic heterocycles. The van der Waals surface area contributed by atoms with Crippen molar-refractivity contribution in [2.75, 3.05) is 24.7 Å². The van der Waals surface area contributed by atoms with E-state index in [9.17, 15) is 4.79 Å². The summed E-state index contributed by atoms with van der Waals surface area (Å²) in [5.41, 5.74) is 8.29. The number of thiazole rings is 1. The van der Waals surface area contributed by atoms with Crippen LogP contribution in [0.5, 0.6) is 0 Å². The minimum atomic E-state index is -0.0377. The average molecular weight is 288 g/mol. The fourth-order valence-electron chi connectivity index (χ4n) is 2.29. The molecule has 0 atom stereocenters. The second-order valence-corrected chi connectivity index (χ2v) is 6.01. The van der Waals surface area contributed by atoms with E-state index in [0.717, 1.165) is 5.13 Å². The molecule has 0 bridgehead atoms. The molecule has 0 spiro atoms. The summed E-state index contributed by atoms with van der Waals surface area (Å²) in [7, 11) is 3.77. The Kier molecular flexibility index (Phi) is 3.10. The minimum Gasteiger partial charge on any atom is -0.382 e. The molecule has 0 unspecified atom stereocenters. The van der Waals surface area contributed by atoms with E-state index < -0.39 is 0 Å². The first kappa shape index (κ1) is 12.9. The summed E-state index contributed by atoms with van der Waals surface area (Å²) in [5.74, 6) is 0.281. The van der Waals surface area contributed by atoms with Crippen molar-refractivity contribution in [2.45, 2.75) is 13.1 Å². The number of nitrogen functional groups attached to an aromatic ring is 1. The average Bonchev–Trinajstić information content (AvgIpc) is 3.01. The molecule has 2 heterocycles. The first-order valence-electron chi connectivity index (χ1n) is 6.36. The van der Waals surface area contributed by atoms with Crippen molar-refractivity contribution in [3.8, 4) is 0 Å². The van der Waals surface area contributed by atoms with Crippen LogP contribution in [0.1, 0.15) is 20.8 Å². The highest BCUT2D eigenvalue weighted by molar-refractivity contribution is 7.18. The van der Waals surface area contributed by atoms with E-state index >= 15 is 0 Å². The molecule has 2 N–H and O–H groups in total. The summed E-state index contributed by atoms with van der Waals surface area (Å²) in [5, 5.41) is 0.752. The van der Waals surface area contributed by atoms with Crippen LogP contribution in [-0.4, -0.2) is 29.9 Å². The van der Waals surface area contributed by atoms with E-state index in [1.807, 2.05) is 36.0 Å². The van der Waals surface area contributed by atoms with Crippen LogP contribution < -0.4 is 10.6 Å². The molecule has 2 aromatic rings. The highest BCUT2D eigenvalue weighted by Gasteiger charge is 2.27. The maximum Gasteiger partial charge on any atom is 0.268 e. The van der Waals surface area contributed by atoms with Crippen molar-refractivity contribution >= 4 is 28.2 Å². The zero-order valence-corrected chi connectivity index (χ0v) is 12.3. The standard InChI is InChI=1S/C14H16N4OS/c1-17(2)14-16-12(15)11(20-14)13(19)18-7-9-5-3-4-6-10(9)8-18/h3-6H,7-8,15H2,1-2H3. The largest absolute Gasteiger partial charge is 0.382 e. The number of anilines is 2. The molecule has 6 heteroatoms. The highest BCUT2D eigenvalue weighted by Crippen LogP contribution is 2.31. The Balaban J connectivity index is 1.85. The number of fused-ring (bicyclic) bond motifs is 1. The van der Waals surface area contributed by atoms with Crippen LogP contribution in [0.3, 0.4) is 0 Å². The highest BCUT2D eigenvalue weighted by atomic mass is 32.1. The van der Waals surface area contributed by atoms with Gasteiger partial charge in [0.05, 0.1) is 0 Å². The first-order chi connectivity index (χ1) is 9.56. The van der Waals surface area contributed by atoms with E-state index in [0.29, 0.717) is 23.8 Å². The zero-order chi connectivity index (χ0) is 14.3. The SMILES string of the molecule is CN(C)c1nc(N)c(C(=O)N2Cc3ccccc3C2)s1. The van der Waals surface area contributed by atoms with E-state index in [1.54, 1.807) is 0 Å². The summed E-state index contributed by atoms with van der Waals surface area (Å²) in [6.45, 7) is 1.29. The molecule has 1 aliphatic heterocycles. The van der Waals surface area contributed by atoms with Gasteiger partial charge in [0, 0.05) is 27.2 Å². The monoisotopic (exact) mass is 288 g/mol. The molecule has 3 rings (SSSR count). The number of carbonyl (C=O) groups excluding carboxylic acids is 1. The summed E-state index contributed by atoms with van der Waals surface area (Å²) in [6, 6.07) is 8.11. The van der Waals surface area contributed by atoms with E-state index in [-0.39, 0.29) is 5.91 Å². The third-order valence-corrected chi connectivity index (χ3v) is 4.57. The number of amides is 1. The quantitative estimate of drug-likeness (QED) is 0.917. The third kappa shape index (κ3) is 2.12. The number of carbonyl (C=O) groups is 1. The molecule has 0 aliphatic carbocycles. The molecule has 20 heavy (non-hydrogen) atoms. The molecule has 0 fully saturated rings. The van der Waals surface area contributed by atoms with Crippen LogP contribution in [0.2, 0.25) is 0 Å². The van der Waals surface area contributed by atoms with E-state index in [2.05, 4.69) is 17.1 Å². The van der Waals surface area contributed by atoms with Crippen LogP contribution in [0.4, 0.5) is 10.9 Å². The maximum atomic E-state index is 12.6. The molecule has 1 amide bonds. The number of hydrogen-bond acceptors (Lipinski definition) is 5. The van der Waals surface area contributed by atoms with Gasteiger partial charge in [-0.05, 0) is 11.1 Å². The van der Waals surface area contributed by atoms with Gasteiger partial charge >= 0.3 is 0 Å². The van der Waals surface area contributed by atoms with Crippen LogP contribution in [-0.2, 0) is 13.1 Å². The lowest BCUT2D eigenvalue weighted by Gasteiger charge is -2.14. The summed E-state index contributed by atoms with van der Waals surface area (Å²) < 4.78 is 0. The molecule has 1 aliphatic rings. The molecule has 5 nitrogen and oxygen atoms in total. The fraction of sp³-hybridized carbons (Fsp3) is 0.286. The van der Waals surface area contributed by atoms with Crippen LogP contribution in [0, 0.1) is 0 Å². The van der Waals surface area contributed by atoms with Gasteiger partial charge in [-0.2, -0.15) is 0 Å². The number of aromatic nitrogens is 1. The summed E-state index contributed by atoms with van der Waals surface area (Å²) >= 11 is 1.34. The maximum absolute atomic E-state index is 12.6. The van der Waals surface area contributed by atoms with Crippen LogP contribution in [0.15, 0.2) is 24.3 Å². The van der Waals surface area contributed by atoms with Crippen molar-refractivity contribution in [1.82, 2.24) is 9.88 Å². The second kappa shape index (κ2) is 4.79. The van der Waals surface area contributed by atoms with Gasteiger partial charge in [-0.1, -0.05) is 35.6 Å². The zero-order valence-electron chi connectivity index (χ0n) is 11.5. The first-order valence-corrected chi connectivity index (χ1v) is 7.17. The molecular weight excluding hydrogens is 272 g/mol. The fourth-order valence-corrected chi connectivity index (χ4v) is 3.16. The smallest absolute Gasteiger partial charge is 0.268 e. The number of nitrogens with zero attached hydrogens (tertiary/aromatic N) is 3. The van der Waals surface area contributed by atoms with E-state index in [1.165, 1.54) is 22.5 Å². The normalized spacial score (nSPS) is 13.4. The Morgan fingerprint density at radius 3 is 2.40 bits per heavy atom. The topological polar surface area (TPSA) is 62.5 Å². The van der Waals surface area contributed by atoms with Crippen molar-refractivity contribution < 1.29 is 4.79 Å². The van der Waals surface area contributed by atoms with Gasteiger partial charge < -0.3 is 15.5 Å². The van der Waals surface area contributed by atoms with Crippen molar-refractivity contribution in [2.24, 2.45) is 0 Å². The van der Waals surface area contributed by atoms with Crippen LogP contribution in [0.25, 0.3) is 0 Å². The Morgan fingerprint density at radius 2 is 1.90 bits per heavy atom. The summed E-state index contributed by atoms with van der Waals surface area (Å²) in [4.78, 5) is 21.0. The predicted molar refractivity (Wildman–Crippen MR) is 80.9 cm³/mol. The van der Waals surface area contributed by atoms with Crippen molar-refractivity contribution in [1.29, 1.82) is 0 Å². The Morgan fingerprint density at radius 1 is 1.30 bits per heavy atom. The number of benzene rings is 1. The van der Waals surface area contributed by atoms with Gasteiger partial charge in [0.2, 0.25) is 0 Å². The predicted octanol–water partition coefficient (Wildman–Crippen LogP) is 1.95. The number of hydrogen-bond donors (Lipinski definition) is 1. The van der Waals surface area contributed by atoms with Gasteiger partial charge in [-0.25, -0.2) is 4.98 Å². The molecule has 0 saturated heterocycles. The van der Waals surface area contributed by atoms with Gasteiger partial charge in [0.1, 0.15) is 10.7 Å². The van der Waals surface area contributed by atoms with Crippen molar-refractivity contribution in [3.05, 3.63) is 40.3 Å². The van der Waals surface area contributed by atoms with Gasteiger partial charge in [-0.3, -0.25) is 4.79 Å². The van der Waals surface area contributed by atoms with E-state index in [4.69, 9.17) is 5.73 Å². The lowest BCUT2D eigenvalue weighted by molar-refractivity contribution is 0.0757.